The van der Waals surface area contributed by atoms with Gasteiger partial charge in [-0.15, -0.1) is 0 Å². The van der Waals surface area contributed by atoms with Gasteiger partial charge >= 0.3 is 0 Å². The monoisotopic (exact) mass is 474 g/mol. The van der Waals surface area contributed by atoms with Gasteiger partial charge in [-0.3, -0.25) is 9.69 Å². The van der Waals surface area contributed by atoms with Crippen molar-refractivity contribution in [1.82, 2.24) is 20.0 Å². The van der Waals surface area contributed by atoms with Crippen molar-refractivity contribution in [2.45, 2.75) is 32.4 Å². The van der Waals surface area contributed by atoms with Gasteiger partial charge in [-0.2, -0.15) is 5.10 Å². The predicted molar refractivity (Wildman–Crippen MR) is 127 cm³/mol. The van der Waals surface area contributed by atoms with E-state index < -0.39 is 24.4 Å². The molecule has 0 radical (unpaired) electrons. The normalized spacial score (nSPS) is 18.8. The zero-order valence-electron chi connectivity index (χ0n) is 19.4. The maximum Gasteiger partial charge on any atom is 0.283 e. The summed E-state index contributed by atoms with van der Waals surface area (Å²) >= 11 is 0. The number of anilines is 1. The molecule has 2 aromatic rings. The Morgan fingerprint density at radius 2 is 2.00 bits per heavy atom. The average Bonchev–Trinajstić information content (AvgIpc) is 3.26. The number of nitrogens with one attached hydrogen (secondary N) is 1. The minimum atomic E-state index is -3.05. The van der Waals surface area contributed by atoms with Gasteiger partial charge in [0.05, 0.1) is 6.54 Å². The molecule has 5 N–H and O–H groups in total. The number of nitrogens with zero attached hydrogens (tertiary/aromatic N) is 3. The standard InChI is InChI=1S/C24H29F3N6O/c1-5-18(25)10-14(2)15(3)30-11-16-6-8-17(9-7-16)21-20(23(29)34)22(28)33(31-21)19-12-32(4)13-24(19,26)27/h5-10,19,30H,3,11-13,28H2,1-2,4H3,(H2,29,34)/b14-10+,18-5+. The Morgan fingerprint density at radius 3 is 2.53 bits per heavy atom. The number of benzene rings is 1. The largest absolute Gasteiger partial charge is 0.383 e. The highest BCUT2D eigenvalue weighted by Crippen LogP contribution is 2.39. The van der Waals surface area contributed by atoms with Crippen molar-refractivity contribution < 1.29 is 18.0 Å². The number of alkyl halides is 2. The van der Waals surface area contributed by atoms with Crippen molar-refractivity contribution in [3.8, 4) is 11.3 Å². The van der Waals surface area contributed by atoms with E-state index in [1.165, 1.54) is 17.1 Å². The fraction of sp³-hybridized carbons (Fsp3) is 0.333. The lowest BCUT2D eigenvalue weighted by molar-refractivity contribution is -0.0232. The summed E-state index contributed by atoms with van der Waals surface area (Å²) in [5.41, 5.74) is 14.3. The minimum absolute atomic E-state index is 0.0385. The van der Waals surface area contributed by atoms with Crippen LogP contribution < -0.4 is 16.8 Å². The number of carbonyl (C=O) groups excluding carboxylic acids is 1. The molecule has 0 spiro atoms. The molecule has 0 aliphatic carbocycles. The maximum atomic E-state index is 14.5. The number of hydrogen-bond donors (Lipinski definition) is 3. The van der Waals surface area contributed by atoms with Crippen molar-refractivity contribution in [3.05, 3.63) is 71.2 Å². The van der Waals surface area contributed by atoms with E-state index >= 15 is 0 Å². The molecule has 34 heavy (non-hydrogen) atoms. The molecule has 0 bridgehead atoms. The number of primary amides is 1. The van der Waals surface area contributed by atoms with Crippen LogP contribution in [0.1, 0.15) is 35.8 Å². The molecule has 1 atom stereocenters. The number of aromatic nitrogens is 2. The first-order valence-corrected chi connectivity index (χ1v) is 10.7. The lowest BCUT2D eigenvalue weighted by Crippen LogP contribution is -2.31. The molecule has 0 saturated carbocycles. The summed E-state index contributed by atoms with van der Waals surface area (Å²) in [4.78, 5) is 13.6. The average molecular weight is 475 g/mol. The predicted octanol–water partition coefficient (Wildman–Crippen LogP) is 3.78. The van der Waals surface area contributed by atoms with E-state index in [9.17, 15) is 18.0 Å². The summed E-state index contributed by atoms with van der Waals surface area (Å²) in [6.07, 6.45) is 2.74. The number of halogens is 3. The third-order valence-corrected chi connectivity index (χ3v) is 5.78. The first-order chi connectivity index (χ1) is 15.9. The maximum absolute atomic E-state index is 14.5. The minimum Gasteiger partial charge on any atom is -0.383 e. The lowest BCUT2D eigenvalue weighted by Gasteiger charge is -2.19. The van der Waals surface area contributed by atoms with Crippen LogP contribution >= 0.6 is 0 Å². The molecule has 10 heteroatoms. The van der Waals surface area contributed by atoms with Crippen molar-refractivity contribution >= 4 is 11.7 Å². The Hall–Kier alpha value is -3.53. The van der Waals surface area contributed by atoms with Crippen molar-refractivity contribution in [2.24, 2.45) is 5.73 Å². The SMILES string of the molecule is C=C(NCc1ccc(-c2nn(C3CN(C)CC3(F)F)c(N)c2C(N)=O)cc1)/C(C)=C/C(F)=C\C. The number of likely N-dealkylation sites (tertiary alicyclic amines) is 1. The number of allylic oxidation sites excluding steroid dienone is 4. The van der Waals surface area contributed by atoms with Crippen LogP contribution in [-0.2, 0) is 6.54 Å². The zero-order chi connectivity index (χ0) is 25.2. The van der Waals surface area contributed by atoms with E-state index in [0.29, 0.717) is 23.4 Å². The number of hydrogen-bond acceptors (Lipinski definition) is 5. The van der Waals surface area contributed by atoms with Crippen LogP contribution in [-0.4, -0.2) is 46.6 Å². The molecule has 1 aromatic carbocycles. The van der Waals surface area contributed by atoms with Gasteiger partial charge in [0.1, 0.15) is 28.9 Å². The van der Waals surface area contributed by atoms with Gasteiger partial charge in [-0.25, -0.2) is 17.9 Å². The summed E-state index contributed by atoms with van der Waals surface area (Å²) in [7, 11) is 1.58. The molecule has 182 valence electrons. The molecule has 7 nitrogen and oxygen atoms in total. The van der Waals surface area contributed by atoms with Gasteiger partial charge in [0.15, 0.2) is 0 Å². The van der Waals surface area contributed by atoms with Gasteiger partial charge in [-0.05, 0) is 38.1 Å². The number of nitrogens with two attached hydrogens (primary N) is 2. The molecule has 3 rings (SSSR count). The van der Waals surface area contributed by atoms with Crippen LogP contribution in [0.5, 0.6) is 0 Å². The van der Waals surface area contributed by atoms with Crippen molar-refractivity contribution in [1.29, 1.82) is 0 Å². The van der Waals surface area contributed by atoms with E-state index in [-0.39, 0.29) is 29.4 Å². The number of amides is 1. The number of likely N-dealkylation sites (N-methyl/N-ethyl adjacent to an activating group) is 1. The smallest absolute Gasteiger partial charge is 0.283 e. The Labute approximate surface area is 196 Å². The second-order valence-electron chi connectivity index (χ2n) is 8.42. The second kappa shape index (κ2) is 9.76. The van der Waals surface area contributed by atoms with E-state index in [0.717, 1.165) is 10.2 Å². The Morgan fingerprint density at radius 1 is 1.35 bits per heavy atom. The Balaban J connectivity index is 1.83. The van der Waals surface area contributed by atoms with Crippen LogP contribution in [0.2, 0.25) is 0 Å². The highest BCUT2D eigenvalue weighted by molar-refractivity contribution is 6.03. The van der Waals surface area contributed by atoms with Gasteiger partial charge in [-0.1, -0.05) is 36.9 Å². The fourth-order valence-corrected chi connectivity index (χ4v) is 3.85. The van der Waals surface area contributed by atoms with E-state index in [2.05, 4.69) is 17.0 Å². The molecule has 2 heterocycles. The third-order valence-electron chi connectivity index (χ3n) is 5.78. The molecule has 1 saturated heterocycles. The summed E-state index contributed by atoms with van der Waals surface area (Å²) in [5.74, 6) is -4.43. The quantitative estimate of drug-likeness (QED) is 0.506. The van der Waals surface area contributed by atoms with E-state index in [1.54, 1.807) is 45.2 Å². The van der Waals surface area contributed by atoms with Crippen LogP contribution in [0, 0.1) is 0 Å². The second-order valence-corrected chi connectivity index (χ2v) is 8.42. The van der Waals surface area contributed by atoms with E-state index in [1.807, 2.05) is 0 Å². The summed E-state index contributed by atoms with van der Waals surface area (Å²) in [5, 5.41) is 7.40. The first-order valence-electron chi connectivity index (χ1n) is 10.7. The topological polar surface area (TPSA) is 102 Å². The fourth-order valence-electron chi connectivity index (χ4n) is 3.85. The van der Waals surface area contributed by atoms with Gasteiger partial charge in [0, 0.05) is 24.4 Å². The summed E-state index contributed by atoms with van der Waals surface area (Å²) in [6.45, 7) is 7.29. The first kappa shape index (κ1) is 25.1. The molecular formula is C24H29F3N6O. The molecule has 1 aliphatic heterocycles. The van der Waals surface area contributed by atoms with E-state index in [4.69, 9.17) is 11.5 Å². The van der Waals surface area contributed by atoms with Crippen LogP contribution in [0.4, 0.5) is 19.0 Å². The zero-order valence-corrected chi connectivity index (χ0v) is 19.4. The van der Waals surface area contributed by atoms with Crippen LogP contribution in [0.3, 0.4) is 0 Å². The Bertz CT molecular complexity index is 1150. The number of rotatable bonds is 8. The summed E-state index contributed by atoms with van der Waals surface area (Å²) in [6, 6.07) is 5.69. The molecule has 1 amide bonds. The highest BCUT2D eigenvalue weighted by Gasteiger charge is 2.49. The van der Waals surface area contributed by atoms with Gasteiger partial charge in [0.25, 0.3) is 11.8 Å². The van der Waals surface area contributed by atoms with Crippen LogP contribution in [0.25, 0.3) is 11.3 Å². The summed E-state index contributed by atoms with van der Waals surface area (Å²) < 4.78 is 43.4. The molecule has 1 aromatic heterocycles. The lowest BCUT2D eigenvalue weighted by atomic mass is 10.0. The Kier molecular flexibility index (Phi) is 7.21. The highest BCUT2D eigenvalue weighted by atomic mass is 19.3. The van der Waals surface area contributed by atoms with Crippen LogP contribution in [0.15, 0.2) is 60.1 Å². The number of carbonyl (C=O) groups is 1. The third kappa shape index (κ3) is 5.17. The van der Waals surface area contributed by atoms with Crippen molar-refractivity contribution in [2.75, 3.05) is 25.9 Å². The van der Waals surface area contributed by atoms with Gasteiger partial charge < -0.3 is 16.8 Å². The number of nitrogen functional groups attached to an aromatic ring is 1. The van der Waals surface area contributed by atoms with Gasteiger partial charge in [0.2, 0.25) is 0 Å². The molecule has 1 aliphatic rings. The molecule has 1 unspecified atom stereocenters. The molecular weight excluding hydrogens is 445 g/mol. The molecule has 1 fully saturated rings. The van der Waals surface area contributed by atoms with Crippen molar-refractivity contribution in [3.63, 3.8) is 0 Å².